The first kappa shape index (κ1) is 14.5. The zero-order valence-corrected chi connectivity index (χ0v) is 12.2. The van der Waals surface area contributed by atoms with E-state index in [9.17, 15) is 4.79 Å². The van der Waals surface area contributed by atoms with Gasteiger partial charge in [0.05, 0.1) is 13.2 Å². The third-order valence-electron chi connectivity index (χ3n) is 3.47. The Bertz CT molecular complexity index is 625. The van der Waals surface area contributed by atoms with Gasteiger partial charge in [0, 0.05) is 30.8 Å². The van der Waals surface area contributed by atoms with Crippen LogP contribution in [0.2, 0.25) is 0 Å². The summed E-state index contributed by atoms with van der Waals surface area (Å²) in [5.74, 6) is 0.321. The maximum atomic E-state index is 12.2. The van der Waals surface area contributed by atoms with E-state index in [0.29, 0.717) is 31.2 Å². The van der Waals surface area contributed by atoms with E-state index < -0.39 is 0 Å². The number of ether oxygens (including phenoxy) is 2. The standard InChI is InChI=1S/C17H18N2O3/c20-17(19-11-13-4-2-1-3-5-13)14-6-8-18-16(10-14)22-15-7-9-21-12-15/h1-6,8,10,15H,7,9,11-12H2,(H,19,20)/t15-/m0/s1. The van der Waals surface area contributed by atoms with Crippen LogP contribution in [0.15, 0.2) is 48.7 Å². The second-order valence-electron chi connectivity index (χ2n) is 5.15. The van der Waals surface area contributed by atoms with Crippen LogP contribution < -0.4 is 10.1 Å². The molecule has 3 rings (SSSR count). The first-order valence-electron chi connectivity index (χ1n) is 7.34. The van der Waals surface area contributed by atoms with Crippen molar-refractivity contribution in [3.8, 4) is 5.88 Å². The van der Waals surface area contributed by atoms with Crippen LogP contribution >= 0.6 is 0 Å². The lowest BCUT2D eigenvalue weighted by Gasteiger charge is -2.11. The minimum absolute atomic E-state index is 0.0233. The van der Waals surface area contributed by atoms with Crippen molar-refractivity contribution >= 4 is 5.91 Å². The van der Waals surface area contributed by atoms with Crippen LogP contribution in [-0.2, 0) is 11.3 Å². The van der Waals surface area contributed by atoms with E-state index in [-0.39, 0.29) is 12.0 Å². The normalized spacial score (nSPS) is 17.2. The van der Waals surface area contributed by atoms with Gasteiger partial charge in [-0.2, -0.15) is 0 Å². The number of carbonyl (C=O) groups is 1. The second kappa shape index (κ2) is 7.04. The van der Waals surface area contributed by atoms with Gasteiger partial charge >= 0.3 is 0 Å². The van der Waals surface area contributed by atoms with Crippen molar-refractivity contribution in [3.05, 3.63) is 59.8 Å². The van der Waals surface area contributed by atoms with Crippen molar-refractivity contribution in [2.75, 3.05) is 13.2 Å². The maximum absolute atomic E-state index is 12.2. The summed E-state index contributed by atoms with van der Waals surface area (Å²) in [7, 11) is 0. The second-order valence-corrected chi connectivity index (χ2v) is 5.15. The van der Waals surface area contributed by atoms with E-state index >= 15 is 0 Å². The molecule has 2 heterocycles. The molecule has 0 aliphatic carbocycles. The average molecular weight is 298 g/mol. The SMILES string of the molecule is O=C(NCc1ccccc1)c1ccnc(O[C@H]2CCOC2)c1. The fraction of sp³-hybridized carbons (Fsp3) is 0.294. The Balaban J connectivity index is 1.59. The molecule has 1 aliphatic heterocycles. The van der Waals surface area contributed by atoms with Crippen molar-refractivity contribution in [3.63, 3.8) is 0 Å². The molecular formula is C17H18N2O3. The van der Waals surface area contributed by atoms with Gasteiger partial charge in [-0.1, -0.05) is 30.3 Å². The van der Waals surface area contributed by atoms with Crippen LogP contribution in [0.1, 0.15) is 22.3 Å². The van der Waals surface area contributed by atoms with E-state index in [0.717, 1.165) is 12.0 Å². The smallest absolute Gasteiger partial charge is 0.251 e. The number of hydrogen-bond donors (Lipinski definition) is 1. The van der Waals surface area contributed by atoms with Crippen molar-refractivity contribution in [2.45, 2.75) is 19.1 Å². The number of hydrogen-bond acceptors (Lipinski definition) is 4. The monoisotopic (exact) mass is 298 g/mol. The summed E-state index contributed by atoms with van der Waals surface area (Å²) in [4.78, 5) is 16.3. The molecule has 5 nitrogen and oxygen atoms in total. The van der Waals surface area contributed by atoms with Crippen LogP contribution in [0, 0.1) is 0 Å². The molecule has 0 saturated carbocycles. The highest BCUT2D eigenvalue weighted by Gasteiger charge is 2.18. The number of amides is 1. The predicted octanol–water partition coefficient (Wildman–Crippen LogP) is 2.18. The first-order valence-corrected chi connectivity index (χ1v) is 7.34. The van der Waals surface area contributed by atoms with Crippen LogP contribution in [0.4, 0.5) is 0 Å². The van der Waals surface area contributed by atoms with Gasteiger partial charge < -0.3 is 14.8 Å². The molecule has 1 atom stereocenters. The highest BCUT2D eigenvalue weighted by Crippen LogP contribution is 2.15. The molecule has 1 aromatic carbocycles. The van der Waals surface area contributed by atoms with Crippen molar-refractivity contribution < 1.29 is 14.3 Å². The number of nitrogens with one attached hydrogen (secondary N) is 1. The van der Waals surface area contributed by atoms with Gasteiger partial charge in [-0.05, 0) is 11.6 Å². The lowest BCUT2D eigenvalue weighted by atomic mass is 10.2. The molecule has 1 amide bonds. The Kier molecular flexibility index (Phi) is 4.65. The van der Waals surface area contributed by atoms with Crippen molar-refractivity contribution in [1.82, 2.24) is 10.3 Å². The fourth-order valence-corrected chi connectivity index (χ4v) is 2.27. The van der Waals surface area contributed by atoms with Crippen LogP contribution in [0.25, 0.3) is 0 Å². The summed E-state index contributed by atoms with van der Waals surface area (Å²) in [6.45, 7) is 1.78. The first-order chi connectivity index (χ1) is 10.8. The van der Waals surface area contributed by atoms with E-state index in [1.165, 1.54) is 0 Å². The van der Waals surface area contributed by atoms with Gasteiger partial charge in [0.2, 0.25) is 5.88 Å². The molecule has 1 fully saturated rings. The lowest BCUT2D eigenvalue weighted by molar-refractivity contribution is 0.0949. The Morgan fingerprint density at radius 2 is 2.18 bits per heavy atom. The third kappa shape index (κ3) is 3.83. The number of rotatable bonds is 5. The zero-order valence-electron chi connectivity index (χ0n) is 12.2. The molecular weight excluding hydrogens is 280 g/mol. The Morgan fingerprint density at radius 3 is 2.95 bits per heavy atom. The van der Waals surface area contributed by atoms with Gasteiger partial charge in [-0.15, -0.1) is 0 Å². The van der Waals surface area contributed by atoms with Crippen LogP contribution in [-0.4, -0.2) is 30.2 Å². The Morgan fingerprint density at radius 1 is 1.32 bits per heavy atom. The Labute approximate surface area is 129 Å². The highest BCUT2D eigenvalue weighted by atomic mass is 16.5. The Hall–Kier alpha value is -2.40. The van der Waals surface area contributed by atoms with Crippen LogP contribution in [0.5, 0.6) is 5.88 Å². The largest absolute Gasteiger partial charge is 0.472 e. The molecule has 114 valence electrons. The molecule has 22 heavy (non-hydrogen) atoms. The lowest BCUT2D eigenvalue weighted by Crippen LogP contribution is -2.23. The average Bonchev–Trinajstić information content (AvgIpc) is 3.07. The molecule has 0 bridgehead atoms. The summed E-state index contributed by atoms with van der Waals surface area (Å²) in [5.41, 5.74) is 1.60. The molecule has 1 aliphatic rings. The number of nitrogens with zero attached hydrogens (tertiary/aromatic N) is 1. The third-order valence-corrected chi connectivity index (χ3v) is 3.47. The highest BCUT2D eigenvalue weighted by molar-refractivity contribution is 5.94. The fourth-order valence-electron chi connectivity index (χ4n) is 2.27. The van der Waals surface area contributed by atoms with Crippen LogP contribution in [0.3, 0.4) is 0 Å². The number of aromatic nitrogens is 1. The number of pyridine rings is 1. The van der Waals surface area contributed by atoms with Gasteiger partial charge in [-0.3, -0.25) is 4.79 Å². The van der Waals surface area contributed by atoms with Gasteiger partial charge in [0.1, 0.15) is 6.10 Å². The maximum Gasteiger partial charge on any atom is 0.251 e. The number of carbonyl (C=O) groups excluding carboxylic acids is 1. The van der Waals surface area contributed by atoms with E-state index in [2.05, 4.69) is 10.3 Å². The summed E-state index contributed by atoms with van der Waals surface area (Å²) in [5, 5.41) is 2.89. The topological polar surface area (TPSA) is 60.5 Å². The summed E-state index contributed by atoms with van der Waals surface area (Å²) >= 11 is 0. The summed E-state index contributed by atoms with van der Waals surface area (Å²) < 4.78 is 11.0. The van der Waals surface area contributed by atoms with E-state index in [1.807, 2.05) is 30.3 Å². The molecule has 5 heteroatoms. The molecule has 2 aromatic rings. The quantitative estimate of drug-likeness (QED) is 0.919. The van der Waals surface area contributed by atoms with Crippen molar-refractivity contribution in [1.29, 1.82) is 0 Å². The molecule has 0 unspecified atom stereocenters. The molecule has 1 N–H and O–H groups in total. The summed E-state index contributed by atoms with van der Waals surface area (Å²) in [6, 6.07) is 13.1. The number of benzene rings is 1. The predicted molar refractivity (Wildman–Crippen MR) is 81.7 cm³/mol. The van der Waals surface area contributed by atoms with Gasteiger partial charge in [0.15, 0.2) is 0 Å². The minimum Gasteiger partial charge on any atom is -0.472 e. The van der Waals surface area contributed by atoms with Gasteiger partial charge in [-0.25, -0.2) is 4.98 Å². The molecule has 0 spiro atoms. The van der Waals surface area contributed by atoms with Gasteiger partial charge in [0.25, 0.3) is 5.91 Å². The van der Waals surface area contributed by atoms with E-state index in [4.69, 9.17) is 9.47 Å². The van der Waals surface area contributed by atoms with E-state index in [1.54, 1.807) is 18.3 Å². The van der Waals surface area contributed by atoms with Crippen molar-refractivity contribution in [2.24, 2.45) is 0 Å². The molecule has 1 saturated heterocycles. The zero-order chi connectivity index (χ0) is 15.2. The minimum atomic E-state index is -0.140. The molecule has 0 radical (unpaired) electrons. The molecule has 1 aromatic heterocycles. The summed E-state index contributed by atoms with van der Waals surface area (Å²) in [6.07, 6.45) is 2.46.